The lowest BCUT2D eigenvalue weighted by Crippen LogP contribution is -2.24. The SMILES string of the molecule is C[B]C1=NOC(C(=O)OCC)C1. The van der Waals surface area contributed by atoms with Gasteiger partial charge in [0.25, 0.3) is 0 Å². The first-order chi connectivity index (χ1) is 5.77. The van der Waals surface area contributed by atoms with E-state index in [0.717, 1.165) is 5.61 Å². The first-order valence-corrected chi connectivity index (χ1v) is 3.96. The zero-order valence-corrected chi connectivity index (χ0v) is 7.24. The number of carbonyl (C=O) groups is 1. The van der Waals surface area contributed by atoms with Crippen molar-refractivity contribution in [3.05, 3.63) is 0 Å². The van der Waals surface area contributed by atoms with Gasteiger partial charge in [0.2, 0.25) is 6.10 Å². The smallest absolute Gasteiger partial charge is 0.350 e. The van der Waals surface area contributed by atoms with Crippen LogP contribution >= 0.6 is 0 Å². The molecule has 0 saturated heterocycles. The molecule has 1 aliphatic rings. The molecular weight excluding hydrogens is 157 g/mol. The fourth-order valence-corrected chi connectivity index (χ4v) is 0.928. The fraction of sp³-hybridized carbons (Fsp3) is 0.714. The number of oxime groups is 1. The maximum absolute atomic E-state index is 11.1. The molecule has 4 nitrogen and oxygen atoms in total. The summed E-state index contributed by atoms with van der Waals surface area (Å²) in [6.07, 6.45) is -0.00819. The normalized spacial score (nSPS) is 21.2. The van der Waals surface area contributed by atoms with Crippen molar-refractivity contribution in [3.63, 3.8) is 0 Å². The Bertz CT molecular complexity index is 205. The summed E-state index contributed by atoms with van der Waals surface area (Å²) < 4.78 is 4.77. The van der Waals surface area contributed by atoms with Crippen molar-refractivity contribution in [1.29, 1.82) is 0 Å². The van der Waals surface area contributed by atoms with Gasteiger partial charge in [-0.1, -0.05) is 6.82 Å². The van der Waals surface area contributed by atoms with Gasteiger partial charge in [-0.2, -0.15) is 0 Å². The van der Waals surface area contributed by atoms with Crippen LogP contribution in [0.4, 0.5) is 0 Å². The minimum absolute atomic E-state index is 0.335. The highest BCUT2D eigenvalue weighted by molar-refractivity contribution is 6.74. The van der Waals surface area contributed by atoms with Crippen molar-refractivity contribution < 1.29 is 14.4 Å². The monoisotopic (exact) mass is 168 g/mol. The Morgan fingerprint density at radius 2 is 2.67 bits per heavy atom. The maximum Gasteiger partial charge on any atom is 0.350 e. The second-order valence-electron chi connectivity index (χ2n) is 2.42. The van der Waals surface area contributed by atoms with Crippen molar-refractivity contribution in [2.24, 2.45) is 5.16 Å². The van der Waals surface area contributed by atoms with Crippen LogP contribution in [0.3, 0.4) is 0 Å². The topological polar surface area (TPSA) is 47.9 Å². The summed E-state index contributed by atoms with van der Waals surface area (Å²) in [6.45, 7) is 4.00. The minimum atomic E-state index is -0.531. The van der Waals surface area contributed by atoms with Gasteiger partial charge in [-0.3, -0.25) is 0 Å². The highest BCUT2D eigenvalue weighted by Crippen LogP contribution is 2.11. The number of rotatable bonds is 3. The largest absolute Gasteiger partial charge is 0.463 e. The van der Waals surface area contributed by atoms with Gasteiger partial charge < -0.3 is 9.57 Å². The molecule has 1 heterocycles. The van der Waals surface area contributed by atoms with Crippen molar-refractivity contribution in [2.75, 3.05) is 6.61 Å². The third-order valence-electron chi connectivity index (χ3n) is 1.57. The van der Waals surface area contributed by atoms with E-state index in [2.05, 4.69) is 5.16 Å². The van der Waals surface area contributed by atoms with Crippen LogP contribution in [-0.4, -0.2) is 31.6 Å². The van der Waals surface area contributed by atoms with Crippen molar-refractivity contribution in [1.82, 2.24) is 0 Å². The molecule has 0 saturated carbocycles. The van der Waals surface area contributed by atoms with Gasteiger partial charge in [0, 0.05) is 12.0 Å². The Kier molecular flexibility index (Phi) is 3.14. The van der Waals surface area contributed by atoms with Crippen LogP contribution in [0.25, 0.3) is 0 Å². The number of ether oxygens (including phenoxy) is 1. The van der Waals surface area contributed by atoms with Gasteiger partial charge in [0.15, 0.2) is 7.28 Å². The third-order valence-corrected chi connectivity index (χ3v) is 1.57. The molecule has 1 atom stereocenters. The van der Waals surface area contributed by atoms with E-state index in [4.69, 9.17) is 9.57 Å². The van der Waals surface area contributed by atoms with Crippen molar-refractivity contribution >= 4 is 18.9 Å². The molecule has 65 valence electrons. The molecule has 0 N–H and O–H groups in total. The zero-order valence-electron chi connectivity index (χ0n) is 7.24. The summed E-state index contributed by atoms with van der Waals surface area (Å²) in [5, 5.41) is 3.70. The predicted octanol–water partition coefficient (Wildman–Crippen LogP) is 0.404. The van der Waals surface area contributed by atoms with E-state index in [-0.39, 0.29) is 5.97 Å². The van der Waals surface area contributed by atoms with E-state index in [0.29, 0.717) is 13.0 Å². The molecule has 0 aromatic carbocycles. The average Bonchev–Trinajstić information content (AvgIpc) is 2.52. The molecule has 1 radical (unpaired) electrons. The number of nitrogens with zero attached hydrogens (tertiary/aromatic N) is 1. The van der Waals surface area contributed by atoms with Gasteiger partial charge >= 0.3 is 5.97 Å². The van der Waals surface area contributed by atoms with Crippen molar-refractivity contribution in [3.8, 4) is 0 Å². The summed E-state index contributed by atoms with van der Waals surface area (Å²) in [7, 11) is 1.82. The van der Waals surface area contributed by atoms with Crippen LogP contribution in [0.5, 0.6) is 0 Å². The van der Waals surface area contributed by atoms with Crippen LogP contribution < -0.4 is 0 Å². The maximum atomic E-state index is 11.1. The van der Waals surface area contributed by atoms with E-state index < -0.39 is 6.10 Å². The summed E-state index contributed by atoms with van der Waals surface area (Å²) in [6, 6.07) is 0. The summed E-state index contributed by atoms with van der Waals surface area (Å²) in [5.41, 5.74) is 0.799. The number of hydrogen-bond donors (Lipinski definition) is 0. The lowest BCUT2D eigenvalue weighted by Gasteiger charge is -2.05. The molecule has 12 heavy (non-hydrogen) atoms. The predicted molar refractivity (Wildman–Crippen MR) is 45.2 cm³/mol. The Balaban J connectivity index is 2.35. The van der Waals surface area contributed by atoms with Crippen LogP contribution in [0.15, 0.2) is 5.16 Å². The van der Waals surface area contributed by atoms with E-state index in [1.54, 1.807) is 6.92 Å². The molecular formula is C7H11BNO3. The van der Waals surface area contributed by atoms with Gasteiger partial charge in [0.05, 0.1) is 6.61 Å². The van der Waals surface area contributed by atoms with Crippen LogP contribution in [0.2, 0.25) is 6.82 Å². The molecule has 0 amide bonds. The Morgan fingerprint density at radius 1 is 1.92 bits per heavy atom. The quantitative estimate of drug-likeness (QED) is 0.452. The third kappa shape index (κ3) is 2.00. The molecule has 0 aliphatic carbocycles. The molecule has 5 heteroatoms. The molecule has 0 spiro atoms. The highest BCUT2D eigenvalue weighted by atomic mass is 16.7. The lowest BCUT2D eigenvalue weighted by atomic mass is 9.74. The molecule has 0 bridgehead atoms. The first-order valence-electron chi connectivity index (χ1n) is 3.96. The average molecular weight is 168 g/mol. The molecule has 0 fully saturated rings. The molecule has 1 rings (SSSR count). The first kappa shape index (κ1) is 9.10. The van der Waals surface area contributed by atoms with Crippen molar-refractivity contribution in [2.45, 2.75) is 26.3 Å². The van der Waals surface area contributed by atoms with Gasteiger partial charge in [-0.15, -0.1) is 5.16 Å². The zero-order chi connectivity index (χ0) is 8.97. The Labute approximate surface area is 72.1 Å². The standard InChI is InChI=1S/C7H11BNO3/c1-3-11-7(10)5-4-6(8-2)9-12-5/h5H,3-4H2,1-2H3. The number of hydrogen-bond acceptors (Lipinski definition) is 4. The molecule has 0 aromatic heterocycles. The van der Waals surface area contributed by atoms with Crippen LogP contribution in [-0.2, 0) is 14.4 Å². The number of esters is 1. The molecule has 1 unspecified atom stereocenters. The van der Waals surface area contributed by atoms with E-state index in [1.165, 1.54) is 0 Å². The minimum Gasteiger partial charge on any atom is -0.463 e. The summed E-state index contributed by atoms with van der Waals surface area (Å²) >= 11 is 0. The molecule has 1 aliphatic heterocycles. The highest BCUT2D eigenvalue weighted by Gasteiger charge is 2.28. The second kappa shape index (κ2) is 4.14. The molecule has 0 aromatic rings. The van der Waals surface area contributed by atoms with Gasteiger partial charge in [-0.05, 0) is 6.92 Å². The van der Waals surface area contributed by atoms with Gasteiger partial charge in [-0.25, -0.2) is 4.79 Å². The Hall–Kier alpha value is -0.995. The van der Waals surface area contributed by atoms with Crippen LogP contribution in [0.1, 0.15) is 13.3 Å². The van der Waals surface area contributed by atoms with E-state index in [9.17, 15) is 4.79 Å². The van der Waals surface area contributed by atoms with E-state index >= 15 is 0 Å². The summed E-state index contributed by atoms with van der Waals surface area (Å²) in [4.78, 5) is 15.9. The summed E-state index contributed by atoms with van der Waals surface area (Å²) in [5.74, 6) is -0.335. The fourth-order valence-electron chi connectivity index (χ4n) is 0.928. The Morgan fingerprint density at radius 3 is 3.17 bits per heavy atom. The second-order valence-corrected chi connectivity index (χ2v) is 2.42. The van der Waals surface area contributed by atoms with Gasteiger partial charge in [0.1, 0.15) is 0 Å². The lowest BCUT2D eigenvalue weighted by molar-refractivity contribution is -0.154. The van der Waals surface area contributed by atoms with Crippen LogP contribution in [0, 0.1) is 0 Å². The van der Waals surface area contributed by atoms with E-state index in [1.807, 2.05) is 14.1 Å². The number of carbonyl (C=O) groups excluding carboxylic acids is 1.